The summed E-state index contributed by atoms with van der Waals surface area (Å²) in [6.07, 6.45) is 6.61. The predicted molar refractivity (Wildman–Crippen MR) is 49.1 cm³/mol. The number of carbonyl (C=O) groups is 1. The molecule has 0 bridgehead atoms. The Bertz CT molecular complexity index is 335. The molecule has 0 atom stereocenters. The van der Waals surface area contributed by atoms with E-state index in [0.29, 0.717) is 12.2 Å². The van der Waals surface area contributed by atoms with Gasteiger partial charge in [-0.2, -0.15) is 5.10 Å². The monoisotopic (exact) mass is 177 g/mol. The highest BCUT2D eigenvalue weighted by molar-refractivity contribution is 5.92. The van der Waals surface area contributed by atoms with Gasteiger partial charge < -0.3 is 5.32 Å². The van der Waals surface area contributed by atoms with Crippen LogP contribution in [0.2, 0.25) is 0 Å². The van der Waals surface area contributed by atoms with E-state index in [4.69, 9.17) is 6.42 Å². The Morgan fingerprint density at radius 2 is 2.62 bits per heavy atom. The van der Waals surface area contributed by atoms with Crippen molar-refractivity contribution in [3.63, 3.8) is 0 Å². The smallest absolute Gasteiger partial charge is 0.270 e. The molecule has 1 rings (SSSR count). The molecule has 4 nitrogen and oxygen atoms in total. The Morgan fingerprint density at radius 3 is 3.23 bits per heavy atom. The van der Waals surface area contributed by atoms with E-state index < -0.39 is 0 Å². The molecule has 0 saturated heterocycles. The van der Waals surface area contributed by atoms with Gasteiger partial charge in [-0.05, 0) is 13.0 Å². The molecule has 1 aromatic heterocycles. The van der Waals surface area contributed by atoms with Crippen LogP contribution in [0.5, 0.6) is 0 Å². The average Bonchev–Trinajstić information content (AvgIpc) is 2.61. The normalized spacial score (nSPS) is 9.23. The zero-order valence-electron chi connectivity index (χ0n) is 7.45. The summed E-state index contributed by atoms with van der Waals surface area (Å²) in [6.45, 7) is 2.84. The van der Waals surface area contributed by atoms with Crippen LogP contribution in [0.4, 0.5) is 0 Å². The Morgan fingerprint density at radius 1 is 1.85 bits per heavy atom. The second-order valence-corrected chi connectivity index (χ2v) is 2.42. The molecule has 0 radical (unpaired) electrons. The molecule has 1 N–H and O–H groups in total. The number of hydrogen-bond acceptors (Lipinski definition) is 2. The van der Waals surface area contributed by atoms with Gasteiger partial charge in [0.2, 0.25) is 0 Å². The van der Waals surface area contributed by atoms with Gasteiger partial charge in [-0.3, -0.25) is 9.48 Å². The van der Waals surface area contributed by atoms with Crippen LogP contribution in [0.15, 0.2) is 12.3 Å². The number of aromatic nitrogens is 2. The van der Waals surface area contributed by atoms with Crippen LogP contribution in [0.25, 0.3) is 0 Å². The third-order valence-corrected chi connectivity index (χ3v) is 1.60. The quantitative estimate of drug-likeness (QED) is 0.673. The van der Waals surface area contributed by atoms with Crippen LogP contribution in [0, 0.1) is 12.3 Å². The molecule has 0 saturated carbocycles. The molecule has 0 aromatic carbocycles. The highest BCUT2D eigenvalue weighted by atomic mass is 16.2. The number of rotatable bonds is 3. The fourth-order valence-electron chi connectivity index (χ4n) is 0.999. The fourth-order valence-corrected chi connectivity index (χ4v) is 0.999. The van der Waals surface area contributed by atoms with Crippen molar-refractivity contribution in [2.24, 2.45) is 0 Å². The Kier molecular flexibility index (Phi) is 3.09. The maximum Gasteiger partial charge on any atom is 0.270 e. The molecule has 1 amide bonds. The second-order valence-electron chi connectivity index (χ2n) is 2.42. The predicted octanol–water partition coefficient (Wildman–Crippen LogP) is 0.266. The van der Waals surface area contributed by atoms with E-state index >= 15 is 0 Å². The first-order valence-corrected chi connectivity index (χ1v) is 4.03. The maximum atomic E-state index is 11.4. The van der Waals surface area contributed by atoms with Crippen molar-refractivity contribution in [2.45, 2.75) is 13.5 Å². The Labute approximate surface area is 76.9 Å². The van der Waals surface area contributed by atoms with Gasteiger partial charge in [-0.15, -0.1) is 6.42 Å². The summed E-state index contributed by atoms with van der Waals surface area (Å²) in [7, 11) is 0. The molecule has 0 aliphatic rings. The molecule has 1 heterocycles. The standard InChI is InChI=1S/C9H11N3O/c1-3-6-10-9(13)8-5-7-11-12(8)4-2/h1,5,7H,4,6H2,2H3,(H,10,13). The number of aryl methyl sites for hydroxylation is 1. The number of hydrogen-bond donors (Lipinski definition) is 1. The van der Waals surface area contributed by atoms with Gasteiger partial charge in [0.05, 0.1) is 6.54 Å². The van der Waals surface area contributed by atoms with E-state index in [-0.39, 0.29) is 12.5 Å². The highest BCUT2D eigenvalue weighted by Gasteiger charge is 2.08. The summed E-state index contributed by atoms with van der Waals surface area (Å²) in [5, 5.41) is 6.54. The first kappa shape index (κ1) is 9.33. The van der Waals surface area contributed by atoms with E-state index in [1.165, 1.54) is 0 Å². The van der Waals surface area contributed by atoms with E-state index in [9.17, 15) is 4.79 Å². The van der Waals surface area contributed by atoms with Crippen LogP contribution in [-0.4, -0.2) is 22.2 Å². The van der Waals surface area contributed by atoms with Gasteiger partial charge in [-0.1, -0.05) is 5.92 Å². The largest absolute Gasteiger partial charge is 0.340 e. The molecule has 68 valence electrons. The van der Waals surface area contributed by atoms with Gasteiger partial charge in [0.15, 0.2) is 0 Å². The van der Waals surface area contributed by atoms with Gasteiger partial charge in [0.25, 0.3) is 5.91 Å². The molecule has 0 aliphatic heterocycles. The Hall–Kier alpha value is -1.76. The first-order chi connectivity index (χ1) is 6.29. The molecular weight excluding hydrogens is 166 g/mol. The second kappa shape index (κ2) is 4.31. The van der Waals surface area contributed by atoms with Crippen molar-refractivity contribution < 1.29 is 4.79 Å². The van der Waals surface area contributed by atoms with E-state index in [1.54, 1.807) is 16.9 Å². The highest BCUT2D eigenvalue weighted by Crippen LogP contribution is 1.97. The summed E-state index contributed by atoms with van der Waals surface area (Å²) < 4.78 is 1.62. The summed E-state index contributed by atoms with van der Waals surface area (Å²) in [4.78, 5) is 11.4. The van der Waals surface area contributed by atoms with E-state index in [0.717, 1.165) is 0 Å². The summed E-state index contributed by atoms with van der Waals surface area (Å²) in [5.74, 6) is 2.15. The van der Waals surface area contributed by atoms with Crippen LogP contribution in [0.3, 0.4) is 0 Å². The summed E-state index contributed by atoms with van der Waals surface area (Å²) in [5.41, 5.74) is 0.540. The van der Waals surface area contributed by atoms with Crippen molar-refractivity contribution in [1.29, 1.82) is 0 Å². The summed E-state index contributed by atoms with van der Waals surface area (Å²) in [6, 6.07) is 1.66. The number of nitrogens with zero attached hydrogens (tertiary/aromatic N) is 2. The van der Waals surface area contributed by atoms with Crippen molar-refractivity contribution in [2.75, 3.05) is 6.54 Å². The summed E-state index contributed by atoms with van der Waals surface area (Å²) >= 11 is 0. The SMILES string of the molecule is C#CCNC(=O)c1ccnn1CC. The van der Waals surface area contributed by atoms with Gasteiger partial charge >= 0.3 is 0 Å². The molecule has 0 fully saturated rings. The average molecular weight is 177 g/mol. The molecule has 0 aliphatic carbocycles. The molecule has 4 heteroatoms. The molecule has 0 spiro atoms. The van der Waals surface area contributed by atoms with Gasteiger partial charge in [-0.25, -0.2) is 0 Å². The van der Waals surface area contributed by atoms with Crippen molar-refractivity contribution in [3.05, 3.63) is 18.0 Å². The van der Waals surface area contributed by atoms with Gasteiger partial charge in [0, 0.05) is 12.7 Å². The zero-order valence-corrected chi connectivity index (χ0v) is 7.45. The third kappa shape index (κ3) is 2.09. The first-order valence-electron chi connectivity index (χ1n) is 4.03. The van der Waals surface area contributed by atoms with E-state index in [1.807, 2.05) is 6.92 Å². The lowest BCUT2D eigenvalue weighted by Crippen LogP contribution is -2.26. The van der Waals surface area contributed by atoms with Crippen molar-refractivity contribution in [1.82, 2.24) is 15.1 Å². The third-order valence-electron chi connectivity index (χ3n) is 1.60. The number of nitrogens with one attached hydrogen (secondary N) is 1. The molecule has 13 heavy (non-hydrogen) atoms. The fraction of sp³-hybridized carbons (Fsp3) is 0.333. The minimum absolute atomic E-state index is 0.183. The van der Waals surface area contributed by atoms with Crippen LogP contribution >= 0.6 is 0 Å². The van der Waals surface area contributed by atoms with Gasteiger partial charge in [0.1, 0.15) is 5.69 Å². The molecular formula is C9H11N3O. The van der Waals surface area contributed by atoms with Crippen LogP contribution in [0.1, 0.15) is 17.4 Å². The lowest BCUT2D eigenvalue weighted by molar-refractivity contribution is 0.0948. The van der Waals surface area contributed by atoms with Crippen molar-refractivity contribution in [3.8, 4) is 12.3 Å². The minimum atomic E-state index is -0.183. The number of terminal acetylenes is 1. The van der Waals surface area contributed by atoms with E-state index in [2.05, 4.69) is 16.3 Å². The molecule has 1 aromatic rings. The molecule has 0 unspecified atom stereocenters. The van der Waals surface area contributed by atoms with Crippen LogP contribution < -0.4 is 5.32 Å². The minimum Gasteiger partial charge on any atom is -0.340 e. The number of carbonyl (C=O) groups excluding carboxylic acids is 1. The lowest BCUT2D eigenvalue weighted by Gasteiger charge is -2.03. The van der Waals surface area contributed by atoms with Crippen molar-refractivity contribution >= 4 is 5.91 Å². The maximum absolute atomic E-state index is 11.4. The lowest BCUT2D eigenvalue weighted by atomic mass is 10.4. The van der Waals surface area contributed by atoms with Crippen LogP contribution in [-0.2, 0) is 6.54 Å². The number of amides is 1. The Balaban J connectivity index is 2.71. The topological polar surface area (TPSA) is 46.9 Å². The zero-order chi connectivity index (χ0) is 9.68.